The van der Waals surface area contributed by atoms with Crippen molar-refractivity contribution >= 4 is 17.3 Å². The van der Waals surface area contributed by atoms with E-state index in [9.17, 15) is 13.2 Å². The highest BCUT2D eigenvalue weighted by molar-refractivity contribution is 6.33. The molecule has 82 valence electrons. The molecule has 0 saturated carbocycles. The monoisotopic (exact) mass is 236 g/mol. The average Bonchev–Trinajstić information content (AvgIpc) is 2.03. The van der Waals surface area contributed by atoms with Crippen LogP contribution < -0.4 is 4.90 Å². The summed E-state index contributed by atoms with van der Waals surface area (Å²) >= 11 is 5.81. The molecule has 0 N–H and O–H groups in total. The smallest absolute Gasteiger partial charge is 0.369 e. The van der Waals surface area contributed by atoms with Gasteiger partial charge in [0.25, 0.3) is 0 Å². The van der Waals surface area contributed by atoms with E-state index in [1.165, 1.54) is 12.4 Å². The third-order valence-corrected chi connectivity index (χ3v) is 2.73. The molecule has 6 heteroatoms. The van der Waals surface area contributed by atoms with Crippen molar-refractivity contribution < 1.29 is 13.2 Å². The van der Waals surface area contributed by atoms with Gasteiger partial charge >= 0.3 is 6.18 Å². The van der Waals surface area contributed by atoms with Gasteiger partial charge < -0.3 is 4.90 Å². The highest BCUT2D eigenvalue weighted by atomic mass is 35.5. The van der Waals surface area contributed by atoms with Gasteiger partial charge in [0, 0.05) is 25.5 Å². The molecule has 1 saturated heterocycles. The molecular formula is C9H8ClF3N2. The Balaban J connectivity index is 2.04. The first-order valence-corrected chi connectivity index (χ1v) is 4.77. The molecule has 0 radical (unpaired) electrons. The quantitative estimate of drug-likeness (QED) is 0.745. The zero-order chi connectivity index (χ0) is 11.1. The first-order chi connectivity index (χ1) is 6.98. The van der Waals surface area contributed by atoms with Gasteiger partial charge in [-0.1, -0.05) is 11.6 Å². The van der Waals surface area contributed by atoms with Gasteiger partial charge in [-0.15, -0.1) is 0 Å². The predicted molar refractivity (Wildman–Crippen MR) is 51.0 cm³/mol. The van der Waals surface area contributed by atoms with Crippen molar-refractivity contribution in [1.82, 2.24) is 4.98 Å². The Morgan fingerprint density at radius 2 is 2.07 bits per heavy atom. The Hall–Kier alpha value is -0.970. The fourth-order valence-corrected chi connectivity index (χ4v) is 1.75. The lowest BCUT2D eigenvalue weighted by Gasteiger charge is -2.41. The van der Waals surface area contributed by atoms with E-state index in [0.717, 1.165) is 0 Å². The van der Waals surface area contributed by atoms with Crippen LogP contribution in [0.25, 0.3) is 0 Å². The topological polar surface area (TPSA) is 16.1 Å². The molecule has 0 amide bonds. The molecule has 0 spiro atoms. The number of nitrogens with zero attached hydrogens (tertiary/aromatic N) is 2. The lowest BCUT2D eigenvalue weighted by molar-refractivity contribution is -0.180. The lowest BCUT2D eigenvalue weighted by atomic mass is 9.99. The maximum atomic E-state index is 12.2. The van der Waals surface area contributed by atoms with Gasteiger partial charge in [-0.2, -0.15) is 13.2 Å². The summed E-state index contributed by atoms with van der Waals surface area (Å²) in [5, 5.41) is 0.387. The second-order valence-electron chi connectivity index (χ2n) is 3.47. The molecule has 1 aliphatic rings. The second kappa shape index (κ2) is 3.56. The Labute approximate surface area is 89.7 Å². The highest BCUT2D eigenvalue weighted by Gasteiger charge is 2.47. The Morgan fingerprint density at radius 3 is 2.60 bits per heavy atom. The van der Waals surface area contributed by atoms with Crippen LogP contribution in [-0.4, -0.2) is 24.2 Å². The molecule has 2 nitrogen and oxygen atoms in total. The third-order valence-electron chi connectivity index (χ3n) is 2.44. The van der Waals surface area contributed by atoms with E-state index in [4.69, 9.17) is 11.6 Å². The van der Waals surface area contributed by atoms with Crippen molar-refractivity contribution in [3.63, 3.8) is 0 Å². The van der Waals surface area contributed by atoms with Crippen LogP contribution in [0, 0.1) is 5.92 Å². The van der Waals surface area contributed by atoms with Gasteiger partial charge in [-0.25, -0.2) is 0 Å². The minimum Gasteiger partial charge on any atom is -0.369 e. The van der Waals surface area contributed by atoms with Crippen molar-refractivity contribution in [1.29, 1.82) is 0 Å². The minimum atomic E-state index is -4.10. The molecule has 0 unspecified atom stereocenters. The normalized spacial score (nSPS) is 17.7. The minimum absolute atomic E-state index is 0.0206. The van der Waals surface area contributed by atoms with E-state index in [1.807, 2.05) is 0 Å². The number of anilines is 1. The van der Waals surface area contributed by atoms with Crippen LogP contribution in [-0.2, 0) is 0 Å². The Morgan fingerprint density at radius 1 is 1.40 bits per heavy atom. The molecular weight excluding hydrogens is 229 g/mol. The van der Waals surface area contributed by atoms with Gasteiger partial charge in [0.2, 0.25) is 0 Å². The SMILES string of the molecule is FC(F)(F)C1CN(c2ccncc2Cl)C1. The maximum absolute atomic E-state index is 12.2. The molecule has 1 fully saturated rings. The number of hydrogen-bond donors (Lipinski definition) is 0. The van der Waals surface area contributed by atoms with Gasteiger partial charge in [-0.05, 0) is 6.07 Å². The largest absolute Gasteiger partial charge is 0.395 e. The van der Waals surface area contributed by atoms with Crippen LogP contribution in [0.4, 0.5) is 18.9 Å². The van der Waals surface area contributed by atoms with Crippen molar-refractivity contribution in [2.45, 2.75) is 6.18 Å². The summed E-state index contributed by atoms with van der Waals surface area (Å²) < 4.78 is 36.7. The molecule has 15 heavy (non-hydrogen) atoms. The summed E-state index contributed by atoms with van der Waals surface area (Å²) in [4.78, 5) is 5.37. The highest BCUT2D eigenvalue weighted by Crippen LogP contribution is 2.37. The first-order valence-electron chi connectivity index (χ1n) is 4.39. The van der Waals surface area contributed by atoms with E-state index in [2.05, 4.69) is 4.98 Å². The molecule has 2 rings (SSSR count). The number of pyridine rings is 1. The number of rotatable bonds is 1. The first kappa shape index (κ1) is 10.5. The van der Waals surface area contributed by atoms with Crippen LogP contribution in [0.5, 0.6) is 0 Å². The standard InChI is InChI=1S/C9H8ClF3N2/c10-7-3-14-2-1-8(7)15-4-6(5-15)9(11,12)13/h1-3,6H,4-5H2. The van der Waals surface area contributed by atoms with E-state index in [1.54, 1.807) is 11.0 Å². The lowest BCUT2D eigenvalue weighted by Crippen LogP contribution is -2.53. The van der Waals surface area contributed by atoms with Crippen LogP contribution in [0.1, 0.15) is 0 Å². The van der Waals surface area contributed by atoms with E-state index in [-0.39, 0.29) is 13.1 Å². The van der Waals surface area contributed by atoms with Gasteiger partial charge in [0.15, 0.2) is 0 Å². The molecule has 1 aromatic rings. The molecule has 2 heterocycles. The van der Waals surface area contributed by atoms with Crippen molar-refractivity contribution in [3.05, 3.63) is 23.5 Å². The number of hydrogen-bond acceptors (Lipinski definition) is 2. The molecule has 0 aliphatic carbocycles. The third kappa shape index (κ3) is 2.02. The maximum Gasteiger partial charge on any atom is 0.395 e. The van der Waals surface area contributed by atoms with Crippen LogP contribution in [0.2, 0.25) is 5.02 Å². The zero-order valence-corrected chi connectivity index (χ0v) is 8.39. The van der Waals surface area contributed by atoms with E-state index in [0.29, 0.717) is 10.7 Å². The predicted octanol–water partition coefficient (Wildman–Crippen LogP) is 2.73. The summed E-state index contributed by atoms with van der Waals surface area (Å²) in [5.41, 5.74) is 0.618. The number of aromatic nitrogens is 1. The fourth-order valence-electron chi connectivity index (χ4n) is 1.51. The molecule has 1 aromatic heterocycles. The van der Waals surface area contributed by atoms with Crippen molar-refractivity contribution in [2.24, 2.45) is 5.92 Å². The second-order valence-corrected chi connectivity index (χ2v) is 3.88. The molecule has 1 aliphatic heterocycles. The van der Waals surface area contributed by atoms with Gasteiger partial charge in [0.1, 0.15) is 0 Å². The molecule has 0 aromatic carbocycles. The summed E-state index contributed by atoms with van der Waals surface area (Å²) in [6.45, 7) is -0.0412. The van der Waals surface area contributed by atoms with E-state index < -0.39 is 12.1 Å². The van der Waals surface area contributed by atoms with Crippen molar-refractivity contribution in [2.75, 3.05) is 18.0 Å². The number of halogens is 4. The summed E-state index contributed by atoms with van der Waals surface area (Å²) in [5.74, 6) is -1.23. The van der Waals surface area contributed by atoms with Crippen LogP contribution in [0.15, 0.2) is 18.5 Å². The summed E-state index contributed by atoms with van der Waals surface area (Å²) in [6.07, 6.45) is -1.16. The average molecular weight is 237 g/mol. The molecule has 0 bridgehead atoms. The number of alkyl halides is 3. The van der Waals surface area contributed by atoms with Gasteiger partial charge in [0.05, 0.1) is 16.6 Å². The van der Waals surface area contributed by atoms with E-state index >= 15 is 0 Å². The van der Waals surface area contributed by atoms with Gasteiger partial charge in [-0.3, -0.25) is 4.98 Å². The summed E-state index contributed by atoms with van der Waals surface area (Å²) in [6, 6.07) is 1.62. The molecule has 0 atom stereocenters. The Bertz CT molecular complexity index is 361. The fraction of sp³-hybridized carbons (Fsp3) is 0.444. The van der Waals surface area contributed by atoms with Crippen molar-refractivity contribution in [3.8, 4) is 0 Å². The van der Waals surface area contributed by atoms with Crippen LogP contribution in [0.3, 0.4) is 0 Å². The zero-order valence-electron chi connectivity index (χ0n) is 7.63. The summed E-state index contributed by atoms with van der Waals surface area (Å²) in [7, 11) is 0. The van der Waals surface area contributed by atoms with Crippen LogP contribution >= 0.6 is 11.6 Å². The Kier molecular flexibility index (Phi) is 2.50.